The number of carbonyl (C=O) groups is 2. The van der Waals surface area contributed by atoms with E-state index in [9.17, 15) is 19.0 Å². The average Bonchev–Trinajstić information content (AvgIpc) is 3.17. The number of hydrogen-bond donors (Lipinski definition) is 1. The standard InChI is InChI=1S/C48H84NO8P/c1-6-8-10-12-14-16-18-20-21-22-23-24-25-26-27-29-30-32-34-36-38-40-47(50)54-44-46(45-56-58(52,53)55-43-42-49(3,4)5)57-48(51)41-39-37-35-33-31-28-19-17-15-13-11-9-7-2/h8-11,13-17,19-21,46H,6-7,12,18,22-45H2,1-5H3/p+1/b10-8+,11-9+,15-13+,16-14+,19-17+,21-20+. The fraction of sp³-hybridized carbons (Fsp3) is 0.708. The van der Waals surface area contributed by atoms with Crippen LogP contribution in [0.4, 0.5) is 0 Å². The van der Waals surface area contributed by atoms with E-state index >= 15 is 0 Å². The molecule has 0 aliphatic heterocycles. The van der Waals surface area contributed by atoms with Gasteiger partial charge in [0.25, 0.3) is 0 Å². The van der Waals surface area contributed by atoms with Crippen LogP contribution in [0.5, 0.6) is 0 Å². The van der Waals surface area contributed by atoms with Crippen LogP contribution < -0.4 is 0 Å². The lowest BCUT2D eigenvalue weighted by Gasteiger charge is -2.24. The van der Waals surface area contributed by atoms with Crippen molar-refractivity contribution in [2.24, 2.45) is 0 Å². The molecule has 1 N–H and O–H groups in total. The Bertz CT molecular complexity index is 1220. The molecule has 10 heteroatoms. The zero-order valence-corrected chi connectivity index (χ0v) is 38.4. The minimum Gasteiger partial charge on any atom is -0.462 e. The molecule has 0 aromatic carbocycles. The summed E-state index contributed by atoms with van der Waals surface area (Å²) in [4.78, 5) is 35.4. The Kier molecular flexibility index (Phi) is 38.1. The molecule has 0 radical (unpaired) electrons. The number of rotatable bonds is 40. The second kappa shape index (κ2) is 39.9. The highest BCUT2D eigenvalue weighted by Crippen LogP contribution is 2.43. The molecule has 334 valence electrons. The van der Waals surface area contributed by atoms with Crippen molar-refractivity contribution in [3.8, 4) is 0 Å². The van der Waals surface area contributed by atoms with Crippen LogP contribution in [0, 0.1) is 0 Å². The number of allylic oxidation sites excluding steroid dienone is 12. The fourth-order valence-electron chi connectivity index (χ4n) is 5.79. The molecule has 0 rings (SSSR count). The fourth-order valence-corrected chi connectivity index (χ4v) is 6.53. The number of phosphoric acid groups is 1. The van der Waals surface area contributed by atoms with Crippen molar-refractivity contribution in [3.63, 3.8) is 0 Å². The van der Waals surface area contributed by atoms with E-state index in [2.05, 4.69) is 68.5 Å². The van der Waals surface area contributed by atoms with Crippen LogP contribution >= 0.6 is 7.82 Å². The smallest absolute Gasteiger partial charge is 0.462 e. The molecule has 0 saturated heterocycles. The molecule has 0 aliphatic carbocycles. The second-order valence-corrected chi connectivity index (χ2v) is 17.5. The van der Waals surface area contributed by atoms with Gasteiger partial charge in [0.1, 0.15) is 19.8 Å². The lowest BCUT2D eigenvalue weighted by atomic mass is 10.0. The molecule has 2 unspecified atom stereocenters. The number of unbranched alkanes of at least 4 members (excludes halogenated alkanes) is 16. The predicted octanol–water partition coefficient (Wildman–Crippen LogP) is 13.0. The molecule has 0 bridgehead atoms. The average molecular weight is 835 g/mol. The third-order valence-electron chi connectivity index (χ3n) is 9.29. The minimum absolute atomic E-state index is 0.0236. The molecular weight excluding hydrogens is 750 g/mol. The van der Waals surface area contributed by atoms with Gasteiger partial charge in [-0.25, -0.2) is 4.57 Å². The Labute approximate surface area is 355 Å². The van der Waals surface area contributed by atoms with Crippen molar-refractivity contribution < 1.29 is 42.1 Å². The van der Waals surface area contributed by atoms with E-state index in [0.717, 1.165) is 77.0 Å². The topological polar surface area (TPSA) is 108 Å². The SMILES string of the molecule is CC/C=C/C=C/C=C/CCCCCCCC(=O)OC(COC(=O)CCCCCCCCCCCCC/C=C/C/C=C/C/C=C/CC)COP(=O)(O)OCC[N+](C)(C)C. The van der Waals surface area contributed by atoms with E-state index in [1.807, 2.05) is 39.4 Å². The molecular formula is C48H85NO8P+. The number of hydrogen-bond acceptors (Lipinski definition) is 7. The maximum Gasteiger partial charge on any atom is 0.472 e. The summed E-state index contributed by atoms with van der Waals surface area (Å²) in [5.74, 6) is -0.831. The molecule has 0 spiro atoms. The molecule has 58 heavy (non-hydrogen) atoms. The molecule has 0 aromatic heterocycles. The number of quaternary nitrogens is 1. The number of likely N-dealkylation sites (N-methyl/N-ethyl adjacent to an activating group) is 1. The van der Waals surface area contributed by atoms with Gasteiger partial charge in [-0.1, -0.05) is 164 Å². The highest BCUT2D eigenvalue weighted by atomic mass is 31.2. The Balaban J connectivity index is 4.30. The normalized spacial score (nSPS) is 14.2. The number of esters is 2. The summed E-state index contributed by atoms with van der Waals surface area (Å²) in [5, 5.41) is 0. The second-order valence-electron chi connectivity index (χ2n) is 16.1. The van der Waals surface area contributed by atoms with Gasteiger partial charge in [0.05, 0.1) is 27.7 Å². The van der Waals surface area contributed by atoms with E-state index < -0.39 is 26.5 Å². The Morgan fingerprint density at radius 1 is 0.552 bits per heavy atom. The summed E-state index contributed by atoms with van der Waals surface area (Å²) in [5.41, 5.74) is 0. The van der Waals surface area contributed by atoms with Gasteiger partial charge in [-0.15, -0.1) is 0 Å². The van der Waals surface area contributed by atoms with Gasteiger partial charge in [-0.3, -0.25) is 18.6 Å². The zero-order valence-electron chi connectivity index (χ0n) is 37.5. The number of carbonyl (C=O) groups excluding carboxylic acids is 2. The lowest BCUT2D eigenvalue weighted by molar-refractivity contribution is -0.870. The van der Waals surface area contributed by atoms with Gasteiger partial charge < -0.3 is 18.9 Å². The summed E-state index contributed by atoms with van der Waals surface area (Å²) in [7, 11) is 1.45. The van der Waals surface area contributed by atoms with Gasteiger partial charge in [0.2, 0.25) is 0 Å². The van der Waals surface area contributed by atoms with Crippen LogP contribution in [0.15, 0.2) is 72.9 Å². The summed E-state index contributed by atoms with van der Waals surface area (Å²) >= 11 is 0. The Morgan fingerprint density at radius 2 is 1.02 bits per heavy atom. The first kappa shape index (κ1) is 55.5. The molecule has 0 aliphatic rings. The minimum atomic E-state index is -4.38. The number of phosphoric ester groups is 1. The van der Waals surface area contributed by atoms with Crippen LogP contribution in [0.3, 0.4) is 0 Å². The highest BCUT2D eigenvalue weighted by molar-refractivity contribution is 7.47. The van der Waals surface area contributed by atoms with E-state index in [4.69, 9.17) is 18.5 Å². The van der Waals surface area contributed by atoms with Crippen molar-refractivity contribution in [2.45, 2.75) is 174 Å². The van der Waals surface area contributed by atoms with Gasteiger partial charge in [-0.2, -0.15) is 0 Å². The molecule has 0 saturated carbocycles. The lowest BCUT2D eigenvalue weighted by Crippen LogP contribution is -2.37. The van der Waals surface area contributed by atoms with E-state index in [1.54, 1.807) is 0 Å². The molecule has 0 heterocycles. The highest BCUT2D eigenvalue weighted by Gasteiger charge is 2.27. The van der Waals surface area contributed by atoms with Crippen molar-refractivity contribution >= 4 is 19.8 Å². The third kappa shape index (κ3) is 43.0. The van der Waals surface area contributed by atoms with Crippen LogP contribution in [0.2, 0.25) is 0 Å². The molecule has 0 fully saturated rings. The van der Waals surface area contributed by atoms with E-state index in [0.29, 0.717) is 17.4 Å². The van der Waals surface area contributed by atoms with Gasteiger partial charge in [0, 0.05) is 12.8 Å². The first-order valence-corrected chi connectivity index (χ1v) is 24.2. The summed E-state index contributed by atoms with van der Waals surface area (Å²) in [6.45, 7) is 4.14. The first-order valence-electron chi connectivity index (χ1n) is 22.7. The van der Waals surface area contributed by atoms with Crippen LogP contribution in [-0.2, 0) is 32.7 Å². The quantitative estimate of drug-likeness (QED) is 0.0162. The van der Waals surface area contributed by atoms with Gasteiger partial charge in [-0.05, 0) is 64.2 Å². The van der Waals surface area contributed by atoms with Crippen LogP contribution in [-0.4, -0.2) is 74.9 Å². The summed E-state index contributed by atoms with van der Waals surface area (Å²) in [6.07, 6.45) is 49.5. The zero-order chi connectivity index (χ0) is 42.8. The van der Waals surface area contributed by atoms with Crippen molar-refractivity contribution in [3.05, 3.63) is 72.9 Å². The summed E-state index contributed by atoms with van der Waals surface area (Å²) < 4.78 is 34.3. The van der Waals surface area contributed by atoms with Crippen molar-refractivity contribution in [2.75, 3.05) is 47.5 Å². The predicted molar refractivity (Wildman–Crippen MR) is 242 cm³/mol. The maximum absolute atomic E-state index is 12.7. The largest absolute Gasteiger partial charge is 0.472 e. The first-order chi connectivity index (χ1) is 28.0. The third-order valence-corrected chi connectivity index (χ3v) is 10.3. The number of nitrogens with zero attached hydrogens (tertiary/aromatic N) is 1. The van der Waals surface area contributed by atoms with Crippen LogP contribution in [0.25, 0.3) is 0 Å². The molecule has 9 nitrogen and oxygen atoms in total. The van der Waals surface area contributed by atoms with Crippen molar-refractivity contribution in [1.82, 2.24) is 0 Å². The molecule has 2 atom stereocenters. The van der Waals surface area contributed by atoms with E-state index in [1.165, 1.54) is 57.8 Å². The van der Waals surface area contributed by atoms with E-state index in [-0.39, 0.29) is 32.0 Å². The maximum atomic E-state index is 12.7. The van der Waals surface area contributed by atoms with Gasteiger partial charge >= 0.3 is 19.8 Å². The Morgan fingerprint density at radius 3 is 1.57 bits per heavy atom. The van der Waals surface area contributed by atoms with Crippen LogP contribution in [0.1, 0.15) is 168 Å². The monoisotopic (exact) mass is 835 g/mol. The van der Waals surface area contributed by atoms with Crippen molar-refractivity contribution in [1.29, 1.82) is 0 Å². The summed E-state index contributed by atoms with van der Waals surface area (Å²) in [6, 6.07) is 0. The van der Waals surface area contributed by atoms with Gasteiger partial charge in [0.15, 0.2) is 6.10 Å². The number of ether oxygens (including phenoxy) is 2. The Hall–Kier alpha value is -2.55. The molecule has 0 amide bonds. The molecule has 0 aromatic rings.